The number of methoxy groups -OCH3 is 1. The summed E-state index contributed by atoms with van der Waals surface area (Å²) in [6, 6.07) is 15.6. The zero-order chi connectivity index (χ0) is 26.4. The number of aromatic nitrogens is 4. The normalized spacial score (nSPS) is 14.4. The van der Waals surface area contributed by atoms with E-state index in [0.717, 1.165) is 65.5 Å². The molecule has 0 radical (unpaired) electrons. The molecule has 1 fully saturated rings. The zero-order valence-corrected chi connectivity index (χ0v) is 22.1. The highest BCUT2D eigenvalue weighted by atomic mass is 16.5. The van der Waals surface area contributed by atoms with Crippen molar-refractivity contribution in [2.75, 3.05) is 50.6 Å². The molecular weight excluding hydrogens is 478 g/mol. The number of rotatable bonds is 5. The number of anilines is 2. The van der Waals surface area contributed by atoms with Crippen LogP contribution in [0.15, 0.2) is 60.9 Å². The number of aryl methyl sites for hydroxylation is 2. The Morgan fingerprint density at radius 3 is 2.58 bits per heavy atom. The molecule has 0 bridgehead atoms. The minimum atomic E-state index is -0.195. The van der Waals surface area contributed by atoms with Crippen LogP contribution >= 0.6 is 0 Å². The highest BCUT2D eigenvalue weighted by Gasteiger charge is 2.23. The molecule has 0 unspecified atom stereocenters. The number of hydrogen-bond acceptors (Lipinski definition) is 6. The molecule has 0 spiro atoms. The first-order valence-electron chi connectivity index (χ1n) is 12.8. The van der Waals surface area contributed by atoms with E-state index in [-0.39, 0.29) is 5.91 Å². The third kappa shape index (κ3) is 4.05. The number of nitrogens with zero attached hydrogens (tertiary/aromatic N) is 6. The van der Waals surface area contributed by atoms with E-state index in [4.69, 9.17) is 9.72 Å². The number of amides is 1. The molecular formula is C29H31N7O2. The average Bonchev–Trinajstić information content (AvgIpc) is 3.49. The average molecular weight is 510 g/mol. The third-order valence-electron chi connectivity index (χ3n) is 7.41. The number of likely N-dealkylation sites (N-methyl/N-ethyl adjacent to an activating group) is 1. The number of fused-ring (bicyclic) bond motifs is 2. The molecule has 1 aliphatic heterocycles. The summed E-state index contributed by atoms with van der Waals surface area (Å²) in [7, 11) is 5.66. The first-order chi connectivity index (χ1) is 18.4. The Kier molecular flexibility index (Phi) is 6.00. The van der Waals surface area contributed by atoms with Crippen molar-refractivity contribution in [2.45, 2.75) is 6.92 Å². The minimum absolute atomic E-state index is 0.195. The minimum Gasteiger partial charge on any atom is -0.495 e. The van der Waals surface area contributed by atoms with E-state index in [2.05, 4.69) is 31.5 Å². The van der Waals surface area contributed by atoms with E-state index in [0.29, 0.717) is 17.1 Å². The standard InChI is InChI=1S/C29H31N7O2/c1-19-27-26(32-29(36(27)12-11-30-19)35-15-13-33(2)14-16-35)21-9-10-22(25(18-21)38-4)31-28(37)24-17-20-7-5-6-8-23(20)34(24)3/h5-12,17-18H,13-16H2,1-4H3,(H,31,37). The van der Waals surface area contributed by atoms with E-state index in [1.807, 2.05) is 79.5 Å². The summed E-state index contributed by atoms with van der Waals surface area (Å²) in [6.45, 7) is 5.82. The number of carbonyl (C=O) groups excluding carboxylic acids is 1. The number of nitrogens with one attached hydrogen (secondary N) is 1. The van der Waals surface area contributed by atoms with Crippen LogP contribution < -0.4 is 15.0 Å². The quantitative estimate of drug-likeness (QED) is 0.382. The number of ether oxygens (including phenoxy) is 1. The number of carbonyl (C=O) groups is 1. The van der Waals surface area contributed by atoms with Crippen LogP contribution in [0, 0.1) is 6.92 Å². The smallest absolute Gasteiger partial charge is 0.272 e. The van der Waals surface area contributed by atoms with Crippen molar-refractivity contribution in [1.82, 2.24) is 23.8 Å². The summed E-state index contributed by atoms with van der Waals surface area (Å²) >= 11 is 0. The Hall–Kier alpha value is -4.37. The molecule has 0 atom stereocenters. The summed E-state index contributed by atoms with van der Waals surface area (Å²) in [5.74, 6) is 1.29. The van der Waals surface area contributed by atoms with E-state index >= 15 is 0 Å². The molecule has 194 valence electrons. The molecule has 6 rings (SSSR count). The van der Waals surface area contributed by atoms with Gasteiger partial charge in [0.05, 0.1) is 24.0 Å². The van der Waals surface area contributed by atoms with Gasteiger partial charge in [0.15, 0.2) is 0 Å². The van der Waals surface area contributed by atoms with Crippen molar-refractivity contribution in [2.24, 2.45) is 7.05 Å². The van der Waals surface area contributed by atoms with Gasteiger partial charge in [0.25, 0.3) is 5.91 Å². The van der Waals surface area contributed by atoms with Crippen LogP contribution in [0.4, 0.5) is 11.6 Å². The molecule has 0 aliphatic carbocycles. The van der Waals surface area contributed by atoms with Crippen molar-refractivity contribution in [1.29, 1.82) is 0 Å². The van der Waals surface area contributed by atoms with Gasteiger partial charge in [-0.15, -0.1) is 0 Å². The fourth-order valence-electron chi connectivity index (χ4n) is 5.25. The monoisotopic (exact) mass is 509 g/mol. The van der Waals surface area contributed by atoms with Crippen molar-refractivity contribution >= 4 is 34.0 Å². The summed E-state index contributed by atoms with van der Waals surface area (Å²) < 4.78 is 9.75. The molecule has 5 aromatic rings. The van der Waals surface area contributed by atoms with Gasteiger partial charge in [-0.1, -0.05) is 24.3 Å². The van der Waals surface area contributed by atoms with Crippen LogP contribution in [0.2, 0.25) is 0 Å². The molecule has 9 heteroatoms. The van der Waals surface area contributed by atoms with Gasteiger partial charge in [-0.25, -0.2) is 4.98 Å². The van der Waals surface area contributed by atoms with Gasteiger partial charge in [-0.2, -0.15) is 0 Å². The first kappa shape index (κ1) is 24.0. The highest BCUT2D eigenvalue weighted by Crippen LogP contribution is 2.35. The van der Waals surface area contributed by atoms with Gasteiger partial charge >= 0.3 is 0 Å². The largest absolute Gasteiger partial charge is 0.495 e. The van der Waals surface area contributed by atoms with Crippen molar-refractivity contribution in [3.63, 3.8) is 0 Å². The van der Waals surface area contributed by atoms with Crippen molar-refractivity contribution in [3.05, 3.63) is 72.3 Å². The van der Waals surface area contributed by atoms with E-state index in [1.54, 1.807) is 7.11 Å². The van der Waals surface area contributed by atoms with E-state index in [9.17, 15) is 4.79 Å². The molecule has 1 N–H and O–H groups in total. The maximum Gasteiger partial charge on any atom is 0.272 e. The van der Waals surface area contributed by atoms with Gasteiger partial charge in [0.2, 0.25) is 5.95 Å². The Morgan fingerprint density at radius 1 is 1.03 bits per heavy atom. The lowest BCUT2D eigenvalue weighted by molar-refractivity contribution is 0.101. The highest BCUT2D eigenvalue weighted by molar-refractivity contribution is 6.07. The van der Waals surface area contributed by atoms with E-state index in [1.165, 1.54) is 0 Å². The Labute approximate surface area is 221 Å². The van der Waals surface area contributed by atoms with Crippen molar-refractivity contribution < 1.29 is 9.53 Å². The Bertz CT molecular complexity index is 1660. The molecule has 0 saturated carbocycles. The number of hydrogen-bond donors (Lipinski definition) is 1. The predicted octanol–water partition coefficient (Wildman–Crippen LogP) is 4.21. The van der Waals surface area contributed by atoms with Crippen LogP contribution in [0.25, 0.3) is 27.7 Å². The summed E-state index contributed by atoms with van der Waals surface area (Å²) in [5, 5.41) is 4.05. The fourth-order valence-corrected chi connectivity index (χ4v) is 5.25. The maximum atomic E-state index is 13.2. The topological polar surface area (TPSA) is 79.9 Å². The van der Waals surface area contributed by atoms with Crippen LogP contribution in [0.1, 0.15) is 16.2 Å². The third-order valence-corrected chi connectivity index (χ3v) is 7.41. The van der Waals surface area contributed by atoms with Crippen LogP contribution in [-0.2, 0) is 7.05 Å². The second-order valence-electron chi connectivity index (χ2n) is 9.80. The van der Waals surface area contributed by atoms with Crippen LogP contribution in [-0.4, -0.2) is 70.1 Å². The number of benzene rings is 2. The van der Waals surface area contributed by atoms with Crippen LogP contribution in [0.5, 0.6) is 5.75 Å². The SMILES string of the molecule is COc1cc(-c2nc(N3CCN(C)CC3)n3ccnc(C)c23)ccc1NC(=O)c1cc2ccccc2n1C. The lowest BCUT2D eigenvalue weighted by atomic mass is 10.1. The number of para-hydroxylation sites is 1. The molecule has 38 heavy (non-hydrogen) atoms. The molecule has 4 heterocycles. The lowest BCUT2D eigenvalue weighted by Crippen LogP contribution is -2.45. The predicted molar refractivity (Wildman–Crippen MR) is 150 cm³/mol. The number of imidazole rings is 1. The molecule has 3 aromatic heterocycles. The molecule has 9 nitrogen and oxygen atoms in total. The maximum absolute atomic E-state index is 13.2. The second-order valence-corrected chi connectivity index (χ2v) is 9.80. The molecule has 1 aliphatic rings. The van der Waals surface area contributed by atoms with Gasteiger partial charge in [-0.05, 0) is 38.2 Å². The van der Waals surface area contributed by atoms with Gasteiger partial charge in [0.1, 0.15) is 17.1 Å². The van der Waals surface area contributed by atoms with Crippen LogP contribution in [0.3, 0.4) is 0 Å². The molecule has 2 aromatic carbocycles. The van der Waals surface area contributed by atoms with Gasteiger partial charge in [-0.3, -0.25) is 14.2 Å². The summed E-state index contributed by atoms with van der Waals surface area (Å²) in [6.07, 6.45) is 3.79. The zero-order valence-electron chi connectivity index (χ0n) is 22.1. The molecule has 1 saturated heterocycles. The summed E-state index contributed by atoms with van der Waals surface area (Å²) in [4.78, 5) is 27.5. The molecule has 1 amide bonds. The Morgan fingerprint density at radius 2 is 1.82 bits per heavy atom. The second kappa shape index (κ2) is 9.50. The fraction of sp³-hybridized carbons (Fsp3) is 0.276. The van der Waals surface area contributed by atoms with Gasteiger partial charge < -0.3 is 24.4 Å². The number of piperazine rings is 1. The lowest BCUT2D eigenvalue weighted by Gasteiger charge is -2.32. The van der Waals surface area contributed by atoms with Crippen molar-refractivity contribution in [3.8, 4) is 17.0 Å². The van der Waals surface area contributed by atoms with Gasteiger partial charge in [0, 0.05) is 62.1 Å². The summed E-state index contributed by atoms with van der Waals surface area (Å²) in [5.41, 5.74) is 5.80. The van der Waals surface area contributed by atoms with E-state index < -0.39 is 0 Å². The Balaban J connectivity index is 1.36. The first-order valence-corrected chi connectivity index (χ1v) is 12.8.